The van der Waals surface area contributed by atoms with Crippen molar-refractivity contribution in [1.82, 2.24) is 0 Å². The molecular weight excluding hydrogens is 365 g/mol. The van der Waals surface area contributed by atoms with Gasteiger partial charge in [-0.3, -0.25) is 4.79 Å². The number of aryl methyl sites for hydroxylation is 3. The van der Waals surface area contributed by atoms with Gasteiger partial charge in [-0.1, -0.05) is 44.2 Å². The van der Waals surface area contributed by atoms with E-state index in [2.05, 4.69) is 32.9 Å². The van der Waals surface area contributed by atoms with E-state index in [-0.39, 0.29) is 12.2 Å². The molecule has 2 rings (SSSR count). The van der Waals surface area contributed by atoms with Gasteiger partial charge < -0.3 is 10.8 Å². The van der Waals surface area contributed by atoms with E-state index < -0.39 is 12.0 Å². The van der Waals surface area contributed by atoms with Gasteiger partial charge in [0, 0.05) is 12.0 Å². The van der Waals surface area contributed by atoms with Crippen LogP contribution in [0.3, 0.4) is 0 Å². The molecule has 0 fully saturated rings. The summed E-state index contributed by atoms with van der Waals surface area (Å²) in [6.07, 6.45) is 1.15. The molecule has 0 aliphatic rings. The van der Waals surface area contributed by atoms with Crippen LogP contribution in [0, 0.1) is 25.6 Å². The van der Waals surface area contributed by atoms with Crippen LogP contribution in [0.15, 0.2) is 42.0 Å². The van der Waals surface area contributed by atoms with Gasteiger partial charge in [0.2, 0.25) is 0 Å². The van der Waals surface area contributed by atoms with Gasteiger partial charge in [-0.05, 0) is 79.0 Å². The molecule has 2 aromatic carbocycles. The number of carboxylic acids is 1. The Morgan fingerprint density at radius 1 is 1.14 bits per heavy atom. The normalized spacial score (nSPS) is 13.4. The summed E-state index contributed by atoms with van der Waals surface area (Å²) in [5, 5.41) is 8.87. The fourth-order valence-electron chi connectivity index (χ4n) is 3.82. The molecule has 0 amide bonds. The minimum atomic E-state index is -0.890. The second-order valence-corrected chi connectivity index (χ2v) is 8.25. The molecule has 1 atom stereocenters. The molecular formula is C25H32FNO2. The first-order chi connectivity index (χ1) is 13.6. The Hall–Kier alpha value is -2.46. The summed E-state index contributed by atoms with van der Waals surface area (Å²) >= 11 is 0. The third kappa shape index (κ3) is 5.77. The Kier molecular flexibility index (Phi) is 7.74. The van der Waals surface area contributed by atoms with Crippen LogP contribution in [0.1, 0.15) is 67.5 Å². The van der Waals surface area contributed by atoms with Crippen molar-refractivity contribution >= 4 is 11.5 Å². The molecule has 0 aliphatic carbocycles. The zero-order chi connectivity index (χ0) is 21.7. The van der Waals surface area contributed by atoms with Crippen LogP contribution >= 0.6 is 0 Å². The van der Waals surface area contributed by atoms with Crippen LogP contribution in [-0.2, 0) is 11.2 Å². The van der Waals surface area contributed by atoms with Crippen molar-refractivity contribution in [3.63, 3.8) is 0 Å². The van der Waals surface area contributed by atoms with E-state index in [9.17, 15) is 4.79 Å². The number of benzene rings is 2. The van der Waals surface area contributed by atoms with E-state index in [1.807, 2.05) is 32.0 Å². The zero-order valence-electron chi connectivity index (χ0n) is 18.1. The fraction of sp³-hybridized carbons (Fsp3) is 0.400. The summed E-state index contributed by atoms with van der Waals surface area (Å²) in [4.78, 5) is 10.8. The number of allylic oxidation sites excluding steroid dienone is 1. The number of hydrogen-bond donors (Lipinski definition) is 2. The van der Waals surface area contributed by atoms with Gasteiger partial charge in [-0.2, -0.15) is 0 Å². The number of halogens is 1. The van der Waals surface area contributed by atoms with Gasteiger partial charge in [0.15, 0.2) is 0 Å². The number of rotatable bonds is 8. The molecule has 0 heterocycles. The molecule has 0 saturated heterocycles. The lowest BCUT2D eigenvalue weighted by Gasteiger charge is -2.23. The largest absolute Gasteiger partial charge is 0.481 e. The lowest BCUT2D eigenvalue weighted by atomic mass is 9.85. The highest BCUT2D eigenvalue weighted by Crippen LogP contribution is 2.35. The van der Waals surface area contributed by atoms with Crippen molar-refractivity contribution < 1.29 is 14.3 Å². The first-order valence-corrected chi connectivity index (χ1v) is 10.1. The summed E-state index contributed by atoms with van der Waals surface area (Å²) < 4.78 is 15.0. The Morgan fingerprint density at radius 3 is 2.34 bits per heavy atom. The molecule has 0 spiro atoms. The maximum atomic E-state index is 15.0. The van der Waals surface area contributed by atoms with Crippen LogP contribution in [-0.4, -0.2) is 11.1 Å². The highest BCUT2D eigenvalue weighted by molar-refractivity contribution is 5.72. The average molecular weight is 398 g/mol. The maximum Gasteiger partial charge on any atom is 0.303 e. The van der Waals surface area contributed by atoms with E-state index >= 15 is 4.39 Å². The Balaban J connectivity index is 2.50. The average Bonchev–Trinajstić information content (AvgIpc) is 2.63. The minimum absolute atomic E-state index is 0.0188. The fourth-order valence-corrected chi connectivity index (χ4v) is 3.82. The predicted molar refractivity (Wildman–Crippen MR) is 117 cm³/mol. The van der Waals surface area contributed by atoms with Crippen LogP contribution < -0.4 is 5.73 Å². The van der Waals surface area contributed by atoms with Crippen molar-refractivity contribution in [2.45, 2.75) is 59.9 Å². The van der Waals surface area contributed by atoms with Gasteiger partial charge in [-0.15, -0.1) is 0 Å². The third-order valence-corrected chi connectivity index (χ3v) is 5.36. The van der Waals surface area contributed by atoms with Gasteiger partial charge in [0.25, 0.3) is 0 Å². The zero-order valence-corrected chi connectivity index (χ0v) is 18.1. The molecule has 2 aromatic rings. The summed E-state index contributed by atoms with van der Waals surface area (Å²) in [6, 6.07) is 10.9. The Labute approximate surface area is 173 Å². The van der Waals surface area contributed by atoms with Crippen molar-refractivity contribution in [3.8, 4) is 0 Å². The Bertz CT molecular complexity index is 892. The quantitative estimate of drug-likeness (QED) is 0.576. The van der Waals surface area contributed by atoms with Crippen molar-refractivity contribution in [2.24, 2.45) is 11.7 Å². The minimum Gasteiger partial charge on any atom is -0.481 e. The number of hydrogen-bond acceptors (Lipinski definition) is 2. The molecule has 29 heavy (non-hydrogen) atoms. The third-order valence-electron chi connectivity index (χ3n) is 5.36. The SMILES string of the molecule is C/C(=C(/CC(C)C)c1ccccc1C)[C@H](N)c1c(C)cc(CCC(=O)O)cc1F. The molecule has 3 nitrogen and oxygen atoms in total. The molecule has 0 aliphatic heterocycles. The van der Waals surface area contributed by atoms with Gasteiger partial charge in [-0.25, -0.2) is 4.39 Å². The predicted octanol–water partition coefficient (Wildman–Crippen LogP) is 5.98. The summed E-state index contributed by atoms with van der Waals surface area (Å²) in [6.45, 7) is 10.2. The molecule has 156 valence electrons. The highest BCUT2D eigenvalue weighted by Gasteiger charge is 2.21. The Morgan fingerprint density at radius 2 is 1.79 bits per heavy atom. The number of nitrogens with two attached hydrogens (primary N) is 1. The first kappa shape index (κ1) is 22.8. The molecule has 0 aromatic heterocycles. The smallest absolute Gasteiger partial charge is 0.303 e. The van der Waals surface area contributed by atoms with E-state index in [4.69, 9.17) is 10.8 Å². The summed E-state index contributed by atoms with van der Waals surface area (Å²) in [7, 11) is 0. The van der Waals surface area contributed by atoms with E-state index in [1.54, 1.807) is 0 Å². The van der Waals surface area contributed by atoms with Crippen LogP contribution in [0.4, 0.5) is 4.39 Å². The van der Waals surface area contributed by atoms with E-state index in [0.717, 1.165) is 23.1 Å². The number of carbonyl (C=O) groups is 1. The first-order valence-electron chi connectivity index (χ1n) is 10.1. The number of aliphatic carboxylic acids is 1. The summed E-state index contributed by atoms with van der Waals surface area (Å²) in [5.74, 6) is -0.818. The van der Waals surface area contributed by atoms with E-state index in [0.29, 0.717) is 23.5 Å². The second-order valence-electron chi connectivity index (χ2n) is 8.25. The van der Waals surface area contributed by atoms with Crippen molar-refractivity contribution in [3.05, 3.63) is 75.6 Å². The van der Waals surface area contributed by atoms with Crippen molar-refractivity contribution in [2.75, 3.05) is 0 Å². The maximum absolute atomic E-state index is 15.0. The van der Waals surface area contributed by atoms with Crippen LogP contribution in [0.2, 0.25) is 0 Å². The van der Waals surface area contributed by atoms with Gasteiger partial charge >= 0.3 is 5.97 Å². The van der Waals surface area contributed by atoms with Gasteiger partial charge in [0.05, 0.1) is 6.04 Å². The highest BCUT2D eigenvalue weighted by atomic mass is 19.1. The molecule has 3 N–H and O–H groups in total. The standard InChI is InChI=1S/C25H32FNO2/c1-15(2)12-21(20-9-7-6-8-16(20)3)18(5)25(27)24-17(4)13-19(14-22(24)26)10-11-23(28)29/h6-9,13-15,25H,10-12,27H2,1-5H3,(H,28,29)/b21-18+/t25-/m0/s1. The van der Waals surface area contributed by atoms with Crippen LogP contribution in [0.25, 0.3) is 5.57 Å². The van der Waals surface area contributed by atoms with Gasteiger partial charge in [0.1, 0.15) is 5.82 Å². The second kappa shape index (κ2) is 9.84. The lowest BCUT2D eigenvalue weighted by Crippen LogP contribution is -2.17. The van der Waals surface area contributed by atoms with E-state index in [1.165, 1.54) is 17.2 Å². The number of carboxylic acid groups (broad SMARTS) is 1. The topological polar surface area (TPSA) is 63.3 Å². The molecule has 0 unspecified atom stereocenters. The lowest BCUT2D eigenvalue weighted by molar-refractivity contribution is -0.136. The van der Waals surface area contributed by atoms with Crippen molar-refractivity contribution in [1.29, 1.82) is 0 Å². The molecule has 0 bridgehead atoms. The summed E-state index contributed by atoms with van der Waals surface area (Å²) in [5.41, 5.74) is 13.0. The monoisotopic (exact) mass is 397 g/mol. The van der Waals surface area contributed by atoms with Crippen LogP contribution in [0.5, 0.6) is 0 Å². The molecule has 0 saturated carbocycles. The molecule has 0 radical (unpaired) electrons. The molecule has 4 heteroatoms.